The topological polar surface area (TPSA) is 58.4 Å². The zero-order chi connectivity index (χ0) is 13.0. The molecule has 0 spiro atoms. The number of likely N-dealkylation sites (tertiary alicyclic amines) is 1. The fourth-order valence-electron chi connectivity index (χ4n) is 2.32. The first kappa shape index (κ1) is 13.0. The van der Waals surface area contributed by atoms with Gasteiger partial charge in [-0.2, -0.15) is 0 Å². The number of amides is 1. The number of carbonyl (C=O) groups excluding carboxylic acids is 1. The van der Waals surface area contributed by atoms with Crippen molar-refractivity contribution in [2.75, 3.05) is 25.0 Å². The largest absolute Gasteiger partial charge is 0.329 e. The van der Waals surface area contributed by atoms with Crippen molar-refractivity contribution in [1.82, 2.24) is 4.90 Å². The molecule has 1 amide bonds. The van der Waals surface area contributed by atoms with Crippen molar-refractivity contribution in [2.24, 2.45) is 5.73 Å². The molecule has 0 aromatic heterocycles. The summed E-state index contributed by atoms with van der Waals surface area (Å²) < 4.78 is 13.0. The lowest BCUT2D eigenvalue weighted by Gasteiger charge is -2.22. The number of nitrogens with one attached hydrogen (secondary N) is 1. The molecule has 2 rings (SSSR count). The Bertz CT molecular complexity index is 424. The van der Waals surface area contributed by atoms with E-state index in [4.69, 9.17) is 5.73 Å². The summed E-state index contributed by atoms with van der Waals surface area (Å²) in [7, 11) is 0. The fraction of sp³-hybridized carbons (Fsp3) is 0.462. The Labute approximate surface area is 106 Å². The van der Waals surface area contributed by atoms with Crippen LogP contribution in [-0.2, 0) is 4.79 Å². The molecule has 1 unspecified atom stereocenters. The van der Waals surface area contributed by atoms with E-state index in [9.17, 15) is 9.18 Å². The molecule has 1 aliphatic rings. The standard InChI is InChI=1S/C13H18FN3O/c14-10-3-1-4-11(7-10)16-13(18)9-17-6-2-5-12(17)8-15/h1,3-4,7,12H,2,5-6,8-9,15H2,(H,16,18). The predicted octanol–water partition coefficient (Wildman–Crippen LogP) is 1.19. The van der Waals surface area contributed by atoms with Crippen molar-refractivity contribution >= 4 is 11.6 Å². The van der Waals surface area contributed by atoms with E-state index in [-0.39, 0.29) is 11.7 Å². The maximum atomic E-state index is 13.0. The first-order valence-electron chi connectivity index (χ1n) is 6.18. The number of benzene rings is 1. The summed E-state index contributed by atoms with van der Waals surface area (Å²) in [5.41, 5.74) is 6.14. The highest BCUT2D eigenvalue weighted by atomic mass is 19.1. The van der Waals surface area contributed by atoms with Crippen LogP contribution in [-0.4, -0.2) is 36.5 Å². The third-order valence-electron chi connectivity index (χ3n) is 3.23. The monoisotopic (exact) mass is 251 g/mol. The van der Waals surface area contributed by atoms with E-state index in [0.29, 0.717) is 24.8 Å². The summed E-state index contributed by atoms with van der Waals surface area (Å²) in [4.78, 5) is 13.9. The van der Waals surface area contributed by atoms with E-state index < -0.39 is 0 Å². The van der Waals surface area contributed by atoms with Gasteiger partial charge in [-0.25, -0.2) is 4.39 Å². The summed E-state index contributed by atoms with van der Waals surface area (Å²) in [6, 6.07) is 6.20. The van der Waals surface area contributed by atoms with E-state index >= 15 is 0 Å². The van der Waals surface area contributed by atoms with Crippen molar-refractivity contribution in [1.29, 1.82) is 0 Å². The van der Waals surface area contributed by atoms with Crippen molar-refractivity contribution in [3.05, 3.63) is 30.1 Å². The minimum atomic E-state index is -0.353. The van der Waals surface area contributed by atoms with Crippen LogP contribution in [0.25, 0.3) is 0 Å². The van der Waals surface area contributed by atoms with Gasteiger partial charge in [-0.05, 0) is 37.6 Å². The molecular formula is C13H18FN3O. The molecule has 4 nitrogen and oxygen atoms in total. The van der Waals surface area contributed by atoms with Gasteiger partial charge in [-0.15, -0.1) is 0 Å². The third kappa shape index (κ3) is 3.27. The normalized spacial score (nSPS) is 20.0. The van der Waals surface area contributed by atoms with Crippen LogP contribution in [0.1, 0.15) is 12.8 Å². The minimum Gasteiger partial charge on any atom is -0.329 e. The van der Waals surface area contributed by atoms with Gasteiger partial charge in [-0.3, -0.25) is 9.69 Å². The van der Waals surface area contributed by atoms with E-state index in [0.717, 1.165) is 19.4 Å². The second kappa shape index (κ2) is 5.93. The smallest absolute Gasteiger partial charge is 0.238 e. The highest BCUT2D eigenvalue weighted by molar-refractivity contribution is 5.92. The number of anilines is 1. The van der Waals surface area contributed by atoms with E-state index in [1.165, 1.54) is 12.1 Å². The summed E-state index contributed by atoms with van der Waals surface area (Å²) in [6.45, 7) is 1.80. The quantitative estimate of drug-likeness (QED) is 0.845. The second-order valence-corrected chi connectivity index (χ2v) is 4.56. The van der Waals surface area contributed by atoms with Crippen LogP contribution in [0.15, 0.2) is 24.3 Å². The first-order valence-corrected chi connectivity index (χ1v) is 6.18. The molecule has 5 heteroatoms. The number of hydrogen-bond donors (Lipinski definition) is 2. The van der Waals surface area contributed by atoms with E-state index in [1.54, 1.807) is 12.1 Å². The van der Waals surface area contributed by atoms with Crippen LogP contribution in [0.4, 0.5) is 10.1 Å². The molecule has 0 saturated carbocycles. The van der Waals surface area contributed by atoms with Gasteiger partial charge >= 0.3 is 0 Å². The van der Waals surface area contributed by atoms with Crippen molar-refractivity contribution in [3.63, 3.8) is 0 Å². The van der Waals surface area contributed by atoms with Crippen LogP contribution in [0.2, 0.25) is 0 Å². The molecule has 0 bridgehead atoms. The van der Waals surface area contributed by atoms with Crippen LogP contribution in [0, 0.1) is 5.82 Å². The van der Waals surface area contributed by atoms with Crippen LogP contribution in [0.5, 0.6) is 0 Å². The number of carbonyl (C=O) groups is 1. The van der Waals surface area contributed by atoms with Gasteiger partial charge in [0.25, 0.3) is 0 Å². The molecule has 1 fully saturated rings. The van der Waals surface area contributed by atoms with Gasteiger partial charge in [0, 0.05) is 18.3 Å². The molecule has 0 aliphatic carbocycles. The molecule has 1 atom stereocenters. The Morgan fingerprint density at radius 3 is 3.11 bits per heavy atom. The van der Waals surface area contributed by atoms with Gasteiger partial charge in [0.05, 0.1) is 6.54 Å². The molecular weight excluding hydrogens is 233 g/mol. The summed E-state index contributed by atoms with van der Waals surface area (Å²) in [6.07, 6.45) is 2.12. The third-order valence-corrected chi connectivity index (χ3v) is 3.23. The molecule has 1 aromatic rings. The summed E-state index contributed by atoms with van der Waals surface area (Å²) >= 11 is 0. The molecule has 18 heavy (non-hydrogen) atoms. The number of hydrogen-bond acceptors (Lipinski definition) is 3. The lowest BCUT2D eigenvalue weighted by Crippen LogP contribution is -2.40. The Morgan fingerprint density at radius 2 is 2.39 bits per heavy atom. The Morgan fingerprint density at radius 1 is 1.56 bits per heavy atom. The SMILES string of the molecule is NCC1CCCN1CC(=O)Nc1cccc(F)c1. The van der Waals surface area contributed by atoms with Gasteiger partial charge in [0.15, 0.2) is 0 Å². The molecule has 0 radical (unpaired) electrons. The highest BCUT2D eigenvalue weighted by Gasteiger charge is 2.24. The van der Waals surface area contributed by atoms with E-state index in [1.807, 2.05) is 0 Å². The average Bonchev–Trinajstić information content (AvgIpc) is 2.76. The average molecular weight is 251 g/mol. The van der Waals surface area contributed by atoms with E-state index in [2.05, 4.69) is 10.2 Å². The van der Waals surface area contributed by atoms with Crippen LogP contribution in [0.3, 0.4) is 0 Å². The lowest BCUT2D eigenvalue weighted by atomic mass is 10.2. The van der Waals surface area contributed by atoms with Gasteiger partial charge in [-0.1, -0.05) is 6.07 Å². The Balaban J connectivity index is 1.89. The van der Waals surface area contributed by atoms with Gasteiger partial charge in [0.1, 0.15) is 5.82 Å². The number of nitrogens with two attached hydrogens (primary N) is 1. The molecule has 1 aliphatic heterocycles. The highest BCUT2D eigenvalue weighted by Crippen LogP contribution is 2.16. The zero-order valence-electron chi connectivity index (χ0n) is 10.2. The number of halogens is 1. The lowest BCUT2D eigenvalue weighted by molar-refractivity contribution is -0.117. The molecule has 3 N–H and O–H groups in total. The summed E-state index contributed by atoms with van der Waals surface area (Å²) in [5.74, 6) is -0.477. The van der Waals surface area contributed by atoms with Crippen LogP contribution >= 0.6 is 0 Å². The van der Waals surface area contributed by atoms with Gasteiger partial charge < -0.3 is 11.1 Å². The minimum absolute atomic E-state index is 0.124. The Kier molecular flexibility index (Phi) is 4.28. The van der Waals surface area contributed by atoms with Crippen molar-refractivity contribution in [2.45, 2.75) is 18.9 Å². The van der Waals surface area contributed by atoms with Crippen molar-refractivity contribution < 1.29 is 9.18 Å². The molecule has 1 heterocycles. The Hall–Kier alpha value is -1.46. The predicted molar refractivity (Wildman–Crippen MR) is 68.7 cm³/mol. The molecule has 1 aromatic carbocycles. The second-order valence-electron chi connectivity index (χ2n) is 4.56. The molecule has 98 valence electrons. The fourth-order valence-corrected chi connectivity index (χ4v) is 2.32. The van der Waals surface area contributed by atoms with Gasteiger partial charge in [0.2, 0.25) is 5.91 Å². The number of nitrogens with zero attached hydrogens (tertiary/aromatic N) is 1. The maximum absolute atomic E-state index is 13.0. The number of rotatable bonds is 4. The summed E-state index contributed by atoms with van der Waals surface area (Å²) in [5, 5.41) is 2.69. The maximum Gasteiger partial charge on any atom is 0.238 e. The van der Waals surface area contributed by atoms with Crippen LogP contribution < -0.4 is 11.1 Å². The zero-order valence-corrected chi connectivity index (χ0v) is 10.2. The van der Waals surface area contributed by atoms with Crippen molar-refractivity contribution in [3.8, 4) is 0 Å². The molecule has 1 saturated heterocycles. The first-order chi connectivity index (χ1) is 8.69.